The van der Waals surface area contributed by atoms with Crippen LogP contribution in [-0.2, 0) is 60.3 Å². The Morgan fingerprint density at radius 1 is 0.510 bits per heavy atom. The second-order valence-corrected chi connectivity index (χ2v) is 21.3. The van der Waals surface area contributed by atoms with Gasteiger partial charge in [-0.15, -0.1) is 0 Å². The highest BCUT2D eigenvalue weighted by molar-refractivity contribution is 5.92. The topological polar surface area (TPSA) is 338 Å². The van der Waals surface area contributed by atoms with Gasteiger partial charge in [0.25, 0.3) is 0 Å². The number of aromatic amines is 1. The van der Waals surface area contributed by atoms with E-state index in [1.165, 1.54) is 33.0 Å². The first kappa shape index (κ1) is 67.1. The molecule has 0 radical (unpaired) electrons. The first-order valence-corrected chi connectivity index (χ1v) is 30.2. The predicted molar refractivity (Wildman–Crippen MR) is 344 cm³/mol. The number of imidazole rings is 2. The molecule has 0 amide bonds. The second kappa shape index (κ2) is 33.2. The number of H-pyrrole nitrogens is 1. The van der Waals surface area contributed by atoms with E-state index >= 15 is 0 Å². The van der Waals surface area contributed by atoms with Crippen molar-refractivity contribution in [2.24, 2.45) is 0 Å². The van der Waals surface area contributed by atoms with Crippen LogP contribution in [0.1, 0.15) is 77.4 Å². The molecule has 4 aromatic heterocycles. The molecule has 2 saturated heterocycles. The minimum atomic E-state index is -1.25. The maximum Gasteiger partial charge on any atom is 0.338 e. The van der Waals surface area contributed by atoms with Crippen molar-refractivity contribution in [1.82, 2.24) is 39.5 Å². The number of nitrogens with one attached hydrogen (secondary N) is 3. The second-order valence-electron chi connectivity index (χ2n) is 21.3. The van der Waals surface area contributed by atoms with Gasteiger partial charge in [0.05, 0.1) is 48.1 Å². The van der Waals surface area contributed by atoms with Crippen molar-refractivity contribution in [3.63, 3.8) is 0 Å². The van der Waals surface area contributed by atoms with Crippen LogP contribution in [0.2, 0.25) is 0 Å². The Bertz CT molecular complexity index is 4310. The molecule has 0 spiro atoms. The lowest BCUT2D eigenvalue weighted by Gasteiger charge is -2.25. The average molecular weight is 1300 g/mol. The van der Waals surface area contributed by atoms with Gasteiger partial charge < -0.3 is 58.2 Å². The summed E-state index contributed by atoms with van der Waals surface area (Å²) in [4.78, 5) is 91.9. The fraction of sp³-hybridized carbons (Fsp3) is 0.243. The van der Waals surface area contributed by atoms with E-state index in [0.29, 0.717) is 58.0 Å². The summed E-state index contributed by atoms with van der Waals surface area (Å²) in [6.45, 7) is 2.51. The number of aromatic nitrogens is 8. The molecule has 26 heteroatoms. The minimum absolute atomic E-state index is 0.0278. The number of fused-ring (bicyclic) bond motifs is 2. The molecule has 2 aliphatic heterocycles. The Balaban J connectivity index is 0.000000171. The molecule has 0 bridgehead atoms. The van der Waals surface area contributed by atoms with Crippen molar-refractivity contribution in [2.75, 3.05) is 51.2 Å². The maximum absolute atomic E-state index is 13.4. The van der Waals surface area contributed by atoms with Crippen LogP contribution in [0, 0.1) is 22.7 Å². The van der Waals surface area contributed by atoms with Crippen molar-refractivity contribution in [3.8, 4) is 12.1 Å². The zero-order valence-electron chi connectivity index (χ0n) is 52.1. The summed E-state index contributed by atoms with van der Waals surface area (Å²) in [6.07, 6.45) is -3.75. The largest absolute Gasteiger partial charge is 0.452 e. The van der Waals surface area contributed by atoms with Gasteiger partial charge in [0, 0.05) is 34.2 Å². The van der Waals surface area contributed by atoms with E-state index in [1.807, 2.05) is 60.7 Å². The number of methoxy groups -OCH3 is 2. The van der Waals surface area contributed by atoms with Crippen LogP contribution in [-0.4, -0.2) is 153 Å². The molecule has 3 N–H and O–H groups in total. The molecule has 6 heterocycles. The third-order valence-corrected chi connectivity index (χ3v) is 14.8. The molecule has 2 aliphatic rings. The van der Waals surface area contributed by atoms with Gasteiger partial charge in [-0.2, -0.15) is 30.5 Å². The third kappa shape index (κ3) is 17.3. The number of nitriles is 2. The van der Waals surface area contributed by atoms with Crippen molar-refractivity contribution >= 4 is 63.8 Å². The van der Waals surface area contributed by atoms with Crippen LogP contribution in [0.4, 0.5) is 11.6 Å². The van der Waals surface area contributed by atoms with E-state index in [2.05, 4.69) is 57.7 Å². The molecule has 26 nitrogen and oxygen atoms in total. The molecule has 0 saturated carbocycles. The van der Waals surface area contributed by atoms with Gasteiger partial charge >= 0.3 is 29.8 Å². The molecule has 10 aromatic rings. The summed E-state index contributed by atoms with van der Waals surface area (Å²) in [5.41, 5.74) is 5.49. The summed E-state index contributed by atoms with van der Waals surface area (Å²) in [6, 6.07) is 57.7. The number of carbonyl (C=O) groups excluding carboxylic acids is 5. The third-order valence-electron chi connectivity index (χ3n) is 14.8. The van der Waals surface area contributed by atoms with Gasteiger partial charge in [-0.05, 0) is 72.5 Å². The van der Waals surface area contributed by atoms with Crippen LogP contribution < -0.4 is 10.6 Å². The number of esters is 5. The van der Waals surface area contributed by atoms with E-state index in [-0.39, 0.29) is 30.5 Å². The number of carbonyl (C=O) groups is 5. The fourth-order valence-electron chi connectivity index (χ4n) is 10.3. The molecular weight excluding hydrogens is 1230 g/mol. The lowest BCUT2D eigenvalue weighted by Crippen LogP contribution is -2.42. The van der Waals surface area contributed by atoms with Crippen LogP contribution >= 0.6 is 0 Å². The summed E-state index contributed by atoms with van der Waals surface area (Å²) in [5.74, 6) is -2.18. The first-order chi connectivity index (χ1) is 46.9. The lowest BCUT2D eigenvalue weighted by atomic mass is 10.1. The molecule has 488 valence electrons. The molecular formula is C70H64N12O14. The number of nitrogens with zero attached hydrogens (tertiary/aromatic N) is 9. The zero-order valence-corrected chi connectivity index (χ0v) is 52.1. The van der Waals surface area contributed by atoms with E-state index in [9.17, 15) is 29.2 Å². The van der Waals surface area contributed by atoms with Crippen molar-refractivity contribution in [2.45, 2.75) is 68.9 Å². The monoisotopic (exact) mass is 1300 g/mol. The van der Waals surface area contributed by atoms with Gasteiger partial charge in [0.2, 0.25) is 24.0 Å². The number of hydrogen-bond donors (Lipinski definition) is 3. The lowest BCUT2D eigenvalue weighted by molar-refractivity contribution is -0.188. The van der Waals surface area contributed by atoms with Gasteiger partial charge in [-0.3, -0.25) is 9.36 Å². The summed E-state index contributed by atoms with van der Waals surface area (Å²) in [7, 11) is 2.94. The number of ether oxygens (including phenoxy) is 9. The Morgan fingerprint density at radius 2 is 0.927 bits per heavy atom. The predicted octanol–water partition coefficient (Wildman–Crippen LogP) is 8.60. The van der Waals surface area contributed by atoms with Crippen molar-refractivity contribution in [1.29, 1.82) is 10.5 Å². The number of benzene rings is 6. The molecule has 0 aliphatic carbocycles. The van der Waals surface area contributed by atoms with Crippen LogP contribution in [0.15, 0.2) is 195 Å². The molecule has 2 fully saturated rings. The Labute approximate surface area is 550 Å². The summed E-state index contributed by atoms with van der Waals surface area (Å²) < 4.78 is 52.5. The van der Waals surface area contributed by atoms with Crippen LogP contribution in [0.3, 0.4) is 0 Å². The highest BCUT2D eigenvalue weighted by atomic mass is 16.8. The fourth-order valence-corrected chi connectivity index (χ4v) is 10.3. The summed E-state index contributed by atoms with van der Waals surface area (Å²) in [5, 5.41) is 25.2. The highest BCUT2D eigenvalue weighted by Gasteiger charge is 2.53. The quantitative estimate of drug-likeness (QED) is 0.0422. The van der Waals surface area contributed by atoms with E-state index in [1.54, 1.807) is 132 Å². The van der Waals surface area contributed by atoms with Crippen LogP contribution in [0.25, 0.3) is 22.3 Å². The minimum Gasteiger partial charge on any atom is -0.452 e. The molecule has 6 aromatic carbocycles. The maximum atomic E-state index is 13.4. The molecule has 1 unspecified atom stereocenters. The van der Waals surface area contributed by atoms with Crippen molar-refractivity contribution in [3.05, 3.63) is 240 Å². The van der Waals surface area contributed by atoms with Gasteiger partial charge in [-0.25, -0.2) is 29.1 Å². The summed E-state index contributed by atoms with van der Waals surface area (Å²) >= 11 is 0. The number of hydrogen-bond acceptors (Lipinski definition) is 24. The molecule has 8 atom stereocenters. The Kier molecular flexibility index (Phi) is 23.2. The smallest absolute Gasteiger partial charge is 0.338 e. The molecule has 96 heavy (non-hydrogen) atoms. The van der Waals surface area contributed by atoms with Gasteiger partial charge in [0.1, 0.15) is 29.9 Å². The highest BCUT2D eigenvalue weighted by Crippen LogP contribution is 2.38. The zero-order chi connectivity index (χ0) is 67.2. The van der Waals surface area contributed by atoms with Crippen LogP contribution in [0.5, 0.6) is 0 Å². The average Bonchev–Trinajstić information content (AvgIpc) is 1.61. The van der Waals surface area contributed by atoms with Gasteiger partial charge in [0.15, 0.2) is 53.0 Å². The Morgan fingerprint density at radius 3 is 1.40 bits per heavy atom. The van der Waals surface area contributed by atoms with Gasteiger partial charge in [-0.1, -0.05) is 133 Å². The molecule has 12 rings (SSSR count). The normalized spacial score (nSPS) is 18.4. The van der Waals surface area contributed by atoms with E-state index in [4.69, 9.17) is 47.9 Å². The Hall–Kier alpha value is -11.8. The standard InChI is InChI=1S/C34H30N6O6.C22H22O8.C14H12N6/c1-43-20-25-28(45-33(41)23-13-7-3-8-14-23)29(46-34(42)24-15-9-4-10-16-24)32(44-25)40-21-37-27-30(38-26(19-35)39-31(27)40)36-18-17-22-11-5-2-6-12-22;1-14(23)27-22-19(30-21(25)16-11-7-4-8-12-16)18(17(28-22)13-26-2)29-20(24)15-9-5-3-6-10-15;15-8-11-19-13(12-14(20-11)18-9-17-12)16-7-6-10-4-2-1-3-5-10/h2-16,21,25,28-29,32H,17-18,20H2,1H3,(H,36,38,39);3-12,17-19,22H,13H2,1-2H3;1-5,9H,6-7H2,(H2,16,17,18,19,20)/t25-,28-,29-,32-;17-,18-,19-,22?;/m11./s1. The van der Waals surface area contributed by atoms with Crippen molar-refractivity contribution < 1.29 is 66.6 Å². The van der Waals surface area contributed by atoms with E-state index < -0.39 is 79.0 Å². The van der Waals surface area contributed by atoms with E-state index in [0.717, 1.165) is 24.0 Å². The SMILES string of the molecule is COC[C@H]1OC(OC(C)=O)[C@H](OC(=O)c2ccccc2)[C@@H]1OC(=O)c1ccccc1.COC[C@H]1O[C@@H](n2cnc3c(NCCc4ccccc4)nc(C#N)nc32)[C@H](OC(=O)c2ccccc2)[C@@H]1OC(=O)c1ccccc1.N#Cc1nc(NCCc2ccccc2)c2[nH]cnc2n1. The number of anilines is 2. The number of rotatable bonds is 22. The first-order valence-electron chi connectivity index (χ1n) is 30.2.